The lowest BCUT2D eigenvalue weighted by atomic mass is 10.0. The number of hydrogen-bond donors (Lipinski definition) is 0. The smallest absolute Gasteiger partial charge is 0.410 e. The molecule has 0 spiro atoms. The van der Waals surface area contributed by atoms with Gasteiger partial charge in [0, 0.05) is 23.9 Å². The number of carbonyl (C=O) groups excluding carboxylic acids is 2. The maximum absolute atomic E-state index is 12.4. The molecule has 0 bridgehead atoms. The number of para-hydroxylation sites is 1. The second-order valence-corrected chi connectivity index (χ2v) is 5.48. The van der Waals surface area contributed by atoms with E-state index in [1.54, 1.807) is 43.4 Å². The van der Waals surface area contributed by atoms with Crippen molar-refractivity contribution in [1.29, 1.82) is 0 Å². The van der Waals surface area contributed by atoms with Crippen molar-refractivity contribution in [3.63, 3.8) is 0 Å². The Hall–Kier alpha value is -3.40. The first kappa shape index (κ1) is 16.5. The van der Waals surface area contributed by atoms with Crippen LogP contribution in [-0.4, -0.2) is 18.9 Å². The molecular formula is C21H17NO3. The Labute approximate surface area is 146 Å². The molecule has 0 aromatic heterocycles. The molecule has 3 aromatic carbocycles. The predicted molar refractivity (Wildman–Crippen MR) is 97.2 cm³/mol. The number of anilines is 1. The Morgan fingerprint density at radius 3 is 1.84 bits per heavy atom. The number of amides is 1. The quantitative estimate of drug-likeness (QED) is 0.659. The molecule has 25 heavy (non-hydrogen) atoms. The van der Waals surface area contributed by atoms with Crippen LogP contribution >= 0.6 is 0 Å². The SMILES string of the molecule is CN(C(=O)Oc1ccc(C(=O)c2ccccc2)cc1)c1ccccc1. The van der Waals surface area contributed by atoms with Crippen molar-refractivity contribution in [2.45, 2.75) is 0 Å². The summed E-state index contributed by atoms with van der Waals surface area (Å²) >= 11 is 0. The zero-order valence-corrected chi connectivity index (χ0v) is 13.8. The van der Waals surface area contributed by atoms with Gasteiger partial charge in [-0.1, -0.05) is 48.5 Å². The minimum Gasteiger partial charge on any atom is -0.410 e. The van der Waals surface area contributed by atoms with Crippen LogP contribution in [-0.2, 0) is 0 Å². The van der Waals surface area contributed by atoms with Crippen LogP contribution in [0.4, 0.5) is 10.5 Å². The van der Waals surface area contributed by atoms with E-state index in [2.05, 4.69) is 0 Å². The summed E-state index contributed by atoms with van der Waals surface area (Å²) < 4.78 is 5.35. The van der Waals surface area contributed by atoms with E-state index in [4.69, 9.17) is 4.74 Å². The number of hydrogen-bond acceptors (Lipinski definition) is 3. The molecule has 0 N–H and O–H groups in total. The van der Waals surface area contributed by atoms with Gasteiger partial charge in [-0.25, -0.2) is 4.79 Å². The van der Waals surface area contributed by atoms with Crippen LogP contribution in [0.2, 0.25) is 0 Å². The van der Waals surface area contributed by atoms with E-state index in [9.17, 15) is 9.59 Å². The van der Waals surface area contributed by atoms with E-state index in [0.717, 1.165) is 5.69 Å². The van der Waals surface area contributed by atoms with Gasteiger partial charge in [-0.05, 0) is 36.4 Å². The first-order chi connectivity index (χ1) is 12.1. The first-order valence-corrected chi connectivity index (χ1v) is 7.85. The predicted octanol–water partition coefficient (Wildman–Crippen LogP) is 4.55. The monoisotopic (exact) mass is 331 g/mol. The fourth-order valence-electron chi connectivity index (χ4n) is 2.36. The van der Waals surface area contributed by atoms with Crippen LogP contribution in [0.15, 0.2) is 84.9 Å². The third-order valence-electron chi connectivity index (χ3n) is 3.77. The molecule has 4 heteroatoms. The summed E-state index contributed by atoms with van der Waals surface area (Å²) in [5, 5.41) is 0. The molecule has 0 radical (unpaired) electrons. The number of carbonyl (C=O) groups is 2. The van der Waals surface area contributed by atoms with E-state index in [0.29, 0.717) is 16.9 Å². The summed E-state index contributed by atoms with van der Waals surface area (Å²) in [5.74, 6) is 0.317. The molecule has 124 valence electrons. The van der Waals surface area contributed by atoms with Crippen molar-refractivity contribution in [2.24, 2.45) is 0 Å². The van der Waals surface area contributed by atoms with Crippen LogP contribution in [0.3, 0.4) is 0 Å². The van der Waals surface area contributed by atoms with Gasteiger partial charge >= 0.3 is 6.09 Å². The fraction of sp³-hybridized carbons (Fsp3) is 0.0476. The summed E-state index contributed by atoms with van der Waals surface area (Å²) in [6.07, 6.45) is -0.492. The average Bonchev–Trinajstić information content (AvgIpc) is 2.68. The fourth-order valence-corrected chi connectivity index (χ4v) is 2.36. The van der Waals surface area contributed by atoms with E-state index in [-0.39, 0.29) is 5.78 Å². The number of ketones is 1. The highest BCUT2D eigenvalue weighted by molar-refractivity contribution is 6.09. The zero-order valence-electron chi connectivity index (χ0n) is 13.8. The van der Waals surface area contributed by atoms with Crippen molar-refractivity contribution in [3.05, 3.63) is 96.1 Å². The van der Waals surface area contributed by atoms with Crippen LogP contribution in [0.5, 0.6) is 5.75 Å². The highest BCUT2D eigenvalue weighted by Crippen LogP contribution is 2.18. The summed E-state index contributed by atoms with van der Waals surface area (Å²) in [4.78, 5) is 26.0. The van der Waals surface area contributed by atoms with Crippen molar-refractivity contribution >= 4 is 17.6 Å². The highest BCUT2D eigenvalue weighted by atomic mass is 16.6. The molecule has 3 aromatic rings. The van der Waals surface area contributed by atoms with Crippen molar-refractivity contribution in [2.75, 3.05) is 11.9 Å². The second kappa shape index (κ2) is 7.45. The van der Waals surface area contributed by atoms with Gasteiger partial charge in [-0.3, -0.25) is 9.69 Å². The third kappa shape index (κ3) is 3.93. The number of ether oxygens (including phenoxy) is 1. The number of benzene rings is 3. The molecule has 1 amide bonds. The molecule has 0 aliphatic carbocycles. The molecule has 0 unspecified atom stereocenters. The standard InChI is InChI=1S/C21H17NO3/c1-22(18-10-6-3-7-11-18)21(24)25-19-14-12-17(13-15-19)20(23)16-8-4-2-5-9-16/h2-15H,1H3. The maximum atomic E-state index is 12.4. The Kier molecular flexibility index (Phi) is 4.90. The van der Waals surface area contributed by atoms with Crippen LogP contribution < -0.4 is 9.64 Å². The minimum atomic E-state index is -0.492. The lowest BCUT2D eigenvalue weighted by Gasteiger charge is -2.16. The third-order valence-corrected chi connectivity index (χ3v) is 3.77. The van der Waals surface area contributed by atoms with E-state index in [1.807, 2.05) is 48.5 Å². The van der Waals surface area contributed by atoms with Crippen LogP contribution in [0.1, 0.15) is 15.9 Å². The van der Waals surface area contributed by atoms with Crippen molar-refractivity contribution < 1.29 is 14.3 Å². The second-order valence-electron chi connectivity index (χ2n) is 5.48. The molecule has 0 aliphatic rings. The van der Waals surface area contributed by atoms with Crippen LogP contribution in [0, 0.1) is 0 Å². The molecular weight excluding hydrogens is 314 g/mol. The van der Waals surface area contributed by atoms with E-state index >= 15 is 0 Å². The van der Waals surface area contributed by atoms with Gasteiger partial charge in [0.25, 0.3) is 0 Å². The number of nitrogens with zero attached hydrogens (tertiary/aromatic N) is 1. The Morgan fingerprint density at radius 2 is 1.24 bits per heavy atom. The highest BCUT2D eigenvalue weighted by Gasteiger charge is 2.14. The van der Waals surface area contributed by atoms with Gasteiger partial charge in [-0.15, -0.1) is 0 Å². The number of rotatable bonds is 4. The molecule has 0 saturated heterocycles. The van der Waals surface area contributed by atoms with Gasteiger partial charge in [0.2, 0.25) is 0 Å². The molecule has 0 heterocycles. The van der Waals surface area contributed by atoms with Gasteiger partial charge in [0.1, 0.15) is 5.75 Å². The molecule has 0 fully saturated rings. The molecule has 0 aliphatic heterocycles. The normalized spacial score (nSPS) is 10.1. The minimum absolute atomic E-state index is 0.0696. The zero-order chi connectivity index (χ0) is 17.6. The Bertz CT molecular complexity index is 859. The summed E-state index contributed by atoms with van der Waals surface area (Å²) in [7, 11) is 1.64. The van der Waals surface area contributed by atoms with E-state index in [1.165, 1.54) is 4.90 Å². The maximum Gasteiger partial charge on any atom is 0.419 e. The lowest BCUT2D eigenvalue weighted by Crippen LogP contribution is -2.29. The summed E-state index contributed by atoms with van der Waals surface area (Å²) in [6.45, 7) is 0. The van der Waals surface area contributed by atoms with Crippen molar-refractivity contribution in [3.8, 4) is 5.75 Å². The molecule has 0 atom stereocenters. The molecule has 0 saturated carbocycles. The molecule has 3 rings (SSSR count). The van der Waals surface area contributed by atoms with Gasteiger partial charge in [0.15, 0.2) is 5.78 Å². The average molecular weight is 331 g/mol. The first-order valence-electron chi connectivity index (χ1n) is 7.85. The molecule has 4 nitrogen and oxygen atoms in total. The Balaban J connectivity index is 1.68. The van der Waals surface area contributed by atoms with Gasteiger partial charge in [-0.2, -0.15) is 0 Å². The van der Waals surface area contributed by atoms with E-state index < -0.39 is 6.09 Å². The largest absolute Gasteiger partial charge is 0.419 e. The van der Waals surface area contributed by atoms with Crippen LogP contribution in [0.25, 0.3) is 0 Å². The summed E-state index contributed by atoms with van der Waals surface area (Å²) in [5.41, 5.74) is 1.90. The summed E-state index contributed by atoms with van der Waals surface area (Å²) in [6, 6.07) is 24.8. The lowest BCUT2D eigenvalue weighted by molar-refractivity contribution is 0.103. The topological polar surface area (TPSA) is 46.6 Å². The Morgan fingerprint density at radius 1 is 0.720 bits per heavy atom. The van der Waals surface area contributed by atoms with Gasteiger partial charge < -0.3 is 4.74 Å². The van der Waals surface area contributed by atoms with Gasteiger partial charge in [0.05, 0.1) is 0 Å². The van der Waals surface area contributed by atoms with Crippen molar-refractivity contribution in [1.82, 2.24) is 0 Å².